The van der Waals surface area contributed by atoms with Crippen molar-refractivity contribution in [2.45, 2.75) is 25.8 Å². The van der Waals surface area contributed by atoms with Crippen molar-refractivity contribution < 1.29 is 19.1 Å². The fourth-order valence-electron chi connectivity index (χ4n) is 3.18. The number of ether oxygens (including phenoxy) is 2. The number of carbonyl (C=O) groups excluding carboxylic acids is 2. The highest BCUT2D eigenvalue weighted by molar-refractivity contribution is 5.94. The van der Waals surface area contributed by atoms with E-state index >= 15 is 0 Å². The van der Waals surface area contributed by atoms with Gasteiger partial charge in [-0.05, 0) is 38.1 Å². The van der Waals surface area contributed by atoms with Gasteiger partial charge in [0, 0.05) is 23.8 Å². The first-order chi connectivity index (χ1) is 12.7. The number of nitrogens with one attached hydrogen (secondary N) is 1. The second-order valence-corrected chi connectivity index (χ2v) is 5.83. The van der Waals surface area contributed by atoms with Crippen molar-refractivity contribution in [3.8, 4) is 5.69 Å². The molecule has 1 aromatic heterocycles. The van der Waals surface area contributed by atoms with Gasteiger partial charge in [-0.3, -0.25) is 0 Å². The molecule has 2 heterocycles. The van der Waals surface area contributed by atoms with Gasteiger partial charge in [-0.15, -0.1) is 0 Å². The van der Waals surface area contributed by atoms with Gasteiger partial charge in [-0.1, -0.05) is 18.2 Å². The summed E-state index contributed by atoms with van der Waals surface area (Å²) in [5.74, 6) is -1.32. The molecular weight excluding hydrogens is 332 g/mol. The molecule has 0 saturated heterocycles. The van der Waals surface area contributed by atoms with Gasteiger partial charge in [-0.2, -0.15) is 0 Å². The molecule has 1 aromatic carbocycles. The van der Waals surface area contributed by atoms with E-state index < -0.39 is 23.9 Å². The topological polar surface area (TPSA) is 69.6 Å². The van der Waals surface area contributed by atoms with Gasteiger partial charge < -0.3 is 19.4 Å². The van der Waals surface area contributed by atoms with E-state index in [1.807, 2.05) is 53.2 Å². The summed E-state index contributed by atoms with van der Waals surface area (Å²) in [4.78, 5) is 24.9. The van der Waals surface area contributed by atoms with Crippen LogP contribution < -0.4 is 5.32 Å². The van der Waals surface area contributed by atoms with Crippen LogP contribution in [0.3, 0.4) is 0 Å². The Labute approximate surface area is 152 Å². The molecule has 136 valence electrons. The minimum absolute atomic E-state index is 0.270. The molecule has 0 aliphatic carbocycles. The van der Waals surface area contributed by atoms with Crippen LogP contribution in [0.5, 0.6) is 0 Å². The number of aromatic nitrogens is 1. The van der Waals surface area contributed by atoms with Gasteiger partial charge in [0.1, 0.15) is 6.04 Å². The molecule has 0 fully saturated rings. The Morgan fingerprint density at radius 2 is 1.77 bits per heavy atom. The molecule has 0 spiro atoms. The van der Waals surface area contributed by atoms with E-state index in [-0.39, 0.29) is 13.2 Å². The molecule has 0 amide bonds. The first-order valence-electron chi connectivity index (χ1n) is 8.69. The molecule has 6 nitrogen and oxygen atoms in total. The summed E-state index contributed by atoms with van der Waals surface area (Å²) in [5, 5.41) is 3.00. The molecule has 3 rings (SSSR count). The minimum atomic E-state index is -0.674. The molecule has 6 heteroatoms. The Bertz CT molecular complexity index is 810. The molecule has 1 aliphatic heterocycles. The third kappa shape index (κ3) is 3.35. The third-order valence-corrected chi connectivity index (χ3v) is 4.27. The van der Waals surface area contributed by atoms with Crippen LogP contribution in [0.4, 0.5) is 0 Å². The second kappa shape index (κ2) is 7.91. The van der Waals surface area contributed by atoms with E-state index in [2.05, 4.69) is 5.32 Å². The van der Waals surface area contributed by atoms with Gasteiger partial charge in [0.25, 0.3) is 0 Å². The summed E-state index contributed by atoms with van der Waals surface area (Å²) in [6.45, 7) is 4.06. The molecule has 2 atom stereocenters. The maximum atomic E-state index is 12.4. The lowest BCUT2D eigenvalue weighted by atomic mass is 9.91. The number of para-hydroxylation sites is 1. The highest BCUT2D eigenvalue weighted by atomic mass is 16.5. The van der Waals surface area contributed by atoms with Crippen molar-refractivity contribution in [2.24, 2.45) is 0 Å². The predicted molar refractivity (Wildman–Crippen MR) is 96.8 cm³/mol. The molecule has 1 aliphatic rings. The van der Waals surface area contributed by atoms with Crippen LogP contribution in [0.25, 0.3) is 5.69 Å². The second-order valence-electron chi connectivity index (χ2n) is 5.83. The number of nitrogens with zero attached hydrogens (tertiary/aromatic N) is 1. The Kier molecular flexibility index (Phi) is 5.41. The Balaban J connectivity index is 2.02. The van der Waals surface area contributed by atoms with Gasteiger partial charge in [0.2, 0.25) is 0 Å². The number of esters is 2. The van der Waals surface area contributed by atoms with Crippen molar-refractivity contribution in [1.82, 2.24) is 9.88 Å². The number of rotatable bonds is 6. The lowest BCUT2D eigenvalue weighted by molar-refractivity contribution is -0.145. The summed E-state index contributed by atoms with van der Waals surface area (Å²) in [6, 6.07) is 12.9. The van der Waals surface area contributed by atoms with Crippen molar-refractivity contribution in [3.63, 3.8) is 0 Å². The third-order valence-electron chi connectivity index (χ3n) is 4.27. The van der Waals surface area contributed by atoms with Crippen LogP contribution in [0, 0.1) is 0 Å². The zero-order valence-electron chi connectivity index (χ0n) is 14.8. The van der Waals surface area contributed by atoms with Gasteiger partial charge >= 0.3 is 11.9 Å². The van der Waals surface area contributed by atoms with Gasteiger partial charge in [-0.25, -0.2) is 9.59 Å². The lowest BCUT2D eigenvalue weighted by Gasteiger charge is -2.22. The summed E-state index contributed by atoms with van der Waals surface area (Å²) >= 11 is 0. The molecule has 0 radical (unpaired) electrons. The fourth-order valence-corrected chi connectivity index (χ4v) is 3.18. The predicted octanol–water partition coefficient (Wildman–Crippen LogP) is 2.54. The van der Waals surface area contributed by atoms with Crippen LogP contribution in [0.2, 0.25) is 0 Å². The molecule has 2 aromatic rings. The van der Waals surface area contributed by atoms with E-state index in [0.29, 0.717) is 5.57 Å². The molecule has 2 unspecified atom stereocenters. The summed E-state index contributed by atoms with van der Waals surface area (Å²) < 4.78 is 12.3. The number of hydrogen-bond acceptors (Lipinski definition) is 5. The molecule has 0 bridgehead atoms. The van der Waals surface area contributed by atoms with Gasteiger partial charge in [0.05, 0.1) is 24.7 Å². The lowest BCUT2D eigenvalue weighted by Crippen LogP contribution is -2.37. The quantitative estimate of drug-likeness (QED) is 0.808. The van der Waals surface area contributed by atoms with Crippen LogP contribution in [-0.2, 0) is 19.1 Å². The van der Waals surface area contributed by atoms with Crippen LogP contribution >= 0.6 is 0 Å². The zero-order valence-corrected chi connectivity index (χ0v) is 14.8. The van der Waals surface area contributed by atoms with E-state index in [1.165, 1.54) is 0 Å². The van der Waals surface area contributed by atoms with Gasteiger partial charge in [0.15, 0.2) is 0 Å². The monoisotopic (exact) mass is 354 g/mol. The van der Waals surface area contributed by atoms with Crippen LogP contribution in [0.1, 0.15) is 25.5 Å². The summed E-state index contributed by atoms with van der Waals surface area (Å²) in [6.07, 6.45) is 3.47. The first kappa shape index (κ1) is 17.8. The molecule has 1 N–H and O–H groups in total. The average Bonchev–Trinajstić information content (AvgIpc) is 3.29. The largest absolute Gasteiger partial charge is 0.464 e. The standard InChI is InChI=1S/C20H22N2O4/c1-3-25-19(23)15-13-21-18(20(24)26-4-2)17(15)16-11-8-12-22(16)14-9-6-5-7-10-14/h5-13,17-18,21H,3-4H2,1-2H3. The van der Waals surface area contributed by atoms with E-state index in [1.54, 1.807) is 20.0 Å². The highest BCUT2D eigenvalue weighted by Gasteiger charge is 2.42. The van der Waals surface area contributed by atoms with Crippen molar-refractivity contribution in [3.05, 3.63) is 66.1 Å². The van der Waals surface area contributed by atoms with E-state index in [4.69, 9.17) is 9.47 Å². The molecular formula is C20H22N2O4. The van der Waals surface area contributed by atoms with Crippen LogP contribution in [-0.4, -0.2) is 35.8 Å². The smallest absolute Gasteiger partial charge is 0.336 e. The van der Waals surface area contributed by atoms with Crippen molar-refractivity contribution >= 4 is 11.9 Å². The first-order valence-corrected chi connectivity index (χ1v) is 8.69. The SMILES string of the molecule is CCOC(=O)C1=CNC(C(=O)OCC)C1c1cccn1-c1ccccc1. The zero-order chi connectivity index (χ0) is 18.5. The number of hydrogen-bond donors (Lipinski definition) is 1. The van der Waals surface area contributed by atoms with Crippen LogP contribution in [0.15, 0.2) is 60.4 Å². The number of benzene rings is 1. The maximum Gasteiger partial charge on any atom is 0.336 e. The van der Waals surface area contributed by atoms with E-state index in [0.717, 1.165) is 11.4 Å². The highest BCUT2D eigenvalue weighted by Crippen LogP contribution is 2.35. The maximum absolute atomic E-state index is 12.4. The Hall–Kier alpha value is -3.02. The van der Waals surface area contributed by atoms with Crippen molar-refractivity contribution in [1.29, 1.82) is 0 Å². The average molecular weight is 354 g/mol. The minimum Gasteiger partial charge on any atom is -0.464 e. The van der Waals surface area contributed by atoms with E-state index in [9.17, 15) is 9.59 Å². The molecule has 26 heavy (non-hydrogen) atoms. The number of carbonyl (C=O) groups is 2. The normalized spacial score (nSPS) is 18.8. The Morgan fingerprint density at radius 1 is 1.04 bits per heavy atom. The van der Waals surface area contributed by atoms with Crippen molar-refractivity contribution in [2.75, 3.05) is 13.2 Å². The Morgan fingerprint density at radius 3 is 2.46 bits per heavy atom. The molecule has 0 saturated carbocycles. The fraction of sp³-hybridized carbons (Fsp3) is 0.300. The summed E-state index contributed by atoms with van der Waals surface area (Å²) in [5.41, 5.74) is 2.18. The summed E-state index contributed by atoms with van der Waals surface area (Å²) in [7, 11) is 0.